The van der Waals surface area contributed by atoms with E-state index in [-0.39, 0.29) is 55.6 Å². The van der Waals surface area contributed by atoms with Crippen LogP contribution >= 0.6 is 11.3 Å². The van der Waals surface area contributed by atoms with E-state index in [0.29, 0.717) is 43.9 Å². The number of thiazole rings is 1. The van der Waals surface area contributed by atoms with Crippen LogP contribution in [0.2, 0.25) is 0 Å². The third-order valence-corrected chi connectivity index (χ3v) is 14.3. The van der Waals surface area contributed by atoms with E-state index < -0.39 is 41.3 Å². The van der Waals surface area contributed by atoms with Crippen LogP contribution in [0, 0.1) is 11.3 Å². The minimum absolute atomic E-state index is 0.0678. The summed E-state index contributed by atoms with van der Waals surface area (Å²) in [6.07, 6.45) is 4.45. The van der Waals surface area contributed by atoms with Gasteiger partial charge in [0.25, 0.3) is 5.91 Å². The van der Waals surface area contributed by atoms with Gasteiger partial charge in [0.15, 0.2) is 0 Å². The number of cyclic esters (lactones) is 1. The van der Waals surface area contributed by atoms with E-state index in [1.165, 1.54) is 27.3 Å². The molecule has 4 aromatic rings. The summed E-state index contributed by atoms with van der Waals surface area (Å²) in [4.78, 5) is 84.6. The first-order chi connectivity index (χ1) is 31.9. The van der Waals surface area contributed by atoms with Crippen molar-refractivity contribution in [3.63, 3.8) is 0 Å². The molecule has 2 fully saturated rings. The van der Waals surface area contributed by atoms with Crippen molar-refractivity contribution >= 4 is 52.0 Å². The molecule has 2 saturated heterocycles. The molecule has 6 atom stereocenters. The summed E-state index contributed by atoms with van der Waals surface area (Å²) in [5.41, 5.74) is 9.24. The van der Waals surface area contributed by atoms with E-state index in [4.69, 9.17) is 19.4 Å². The van der Waals surface area contributed by atoms with Crippen molar-refractivity contribution < 1.29 is 33.4 Å². The number of hydrazine groups is 1. The molecule has 0 spiro atoms. The number of benzene rings is 1. The zero-order valence-corrected chi connectivity index (χ0v) is 41.4. The molecular weight excluding hydrogens is 871 g/mol. The Balaban J connectivity index is 1.26. The number of amides is 5. The summed E-state index contributed by atoms with van der Waals surface area (Å²) >= 11 is 1.40. The van der Waals surface area contributed by atoms with E-state index >= 15 is 0 Å². The second-order valence-electron chi connectivity index (χ2n) is 19.4. The number of ether oxygens (including phenoxy) is 2. The van der Waals surface area contributed by atoms with Gasteiger partial charge in [-0.05, 0) is 88.8 Å². The standard InChI is InChI=1S/C50H67N9O7S/c1-12-42(60)57-25-31(6)58(26-30(57)5)49(64)55(10)44(29(3)4)46(61)53-38-23-41-52-39(27-67-41)33-18-19-40-35(22-33)36(45(56(40)13-2)34-16-14-20-51-43(34)32(7)65-11)24-50(8,9)28-66-48(63)37-17-15-21-59(54-37)47(38)62/h12,14,16,18-20,22,27,29-32,37-38,44,54H,1,13,15,17,21,23-26,28H2,2-11H3,(H,53,61)/t30-,31-,32-,37-,38-,44?/m0/s1. The predicted molar refractivity (Wildman–Crippen MR) is 259 cm³/mol. The molecule has 360 valence electrons. The average Bonchev–Trinajstić information content (AvgIpc) is 3.91. The number of urea groups is 1. The third-order valence-electron chi connectivity index (χ3n) is 13.5. The highest BCUT2D eigenvalue weighted by Crippen LogP contribution is 2.42. The highest BCUT2D eigenvalue weighted by molar-refractivity contribution is 7.10. The van der Waals surface area contributed by atoms with Crippen LogP contribution in [0.4, 0.5) is 4.79 Å². The van der Waals surface area contributed by atoms with Gasteiger partial charge >= 0.3 is 12.0 Å². The molecule has 16 nitrogen and oxygen atoms in total. The van der Waals surface area contributed by atoms with E-state index in [9.17, 15) is 24.0 Å². The van der Waals surface area contributed by atoms with Gasteiger partial charge < -0.3 is 34.1 Å². The van der Waals surface area contributed by atoms with Crippen LogP contribution in [-0.4, -0.2) is 135 Å². The molecular formula is C50H67N9O7S. The number of likely N-dealkylation sites (N-methyl/N-ethyl adjacent to an activating group) is 1. The van der Waals surface area contributed by atoms with Crippen molar-refractivity contribution in [1.82, 2.24) is 45.0 Å². The first-order valence-corrected chi connectivity index (χ1v) is 24.3. The summed E-state index contributed by atoms with van der Waals surface area (Å²) in [7, 11) is 3.28. The quantitative estimate of drug-likeness (QED) is 0.142. The summed E-state index contributed by atoms with van der Waals surface area (Å²) in [5, 5.41) is 8.11. The van der Waals surface area contributed by atoms with Gasteiger partial charge in [-0.25, -0.2) is 15.2 Å². The van der Waals surface area contributed by atoms with Crippen LogP contribution in [0.15, 0.2) is 54.6 Å². The number of hydrogen-bond donors (Lipinski definition) is 2. The van der Waals surface area contributed by atoms with E-state index in [2.05, 4.69) is 66.9 Å². The number of hydrogen-bond acceptors (Lipinski definition) is 11. The molecule has 17 heteroatoms. The minimum Gasteiger partial charge on any atom is -0.464 e. The maximum absolute atomic E-state index is 14.7. The van der Waals surface area contributed by atoms with Crippen LogP contribution in [0.1, 0.15) is 90.6 Å². The van der Waals surface area contributed by atoms with Gasteiger partial charge in [0.2, 0.25) is 11.8 Å². The molecule has 7 rings (SSSR count). The van der Waals surface area contributed by atoms with E-state index in [1.807, 2.05) is 46.1 Å². The van der Waals surface area contributed by atoms with Crippen molar-refractivity contribution in [2.24, 2.45) is 11.3 Å². The molecule has 3 aliphatic heterocycles. The largest absolute Gasteiger partial charge is 0.464 e. The van der Waals surface area contributed by atoms with Gasteiger partial charge in [0, 0.05) is 97.9 Å². The van der Waals surface area contributed by atoms with Gasteiger partial charge in [-0.2, -0.15) is 0 Å². The van der Waals surface area contributed by atoms with Crippen molar-refractivity contribution in [3.05, 3.63) is 70.8 Å². The lowest BCUT2D eigenvalue weighted by atomic mass is 9.84. The van der Waals surface area contributed by atoms with Crippen molar-refractivity contribution in [3.8, 4) is 22.5 Å². The summed E-state index contributed by atoms with van der Waals surface area (Å²) in [6, 6.07) is 6.64. The average molecular weight is 938 g/mol. The van der Waals surface area contributed by atoms with Gasteiger partial charge in [0.1, 0.15) is 18.1 Å². The summed E-state index contributed by atoms with van der Waals surface area (Å²) in [6.45, 7) is 21.2. The molecule has 67 heavy (non-hydrogen) atoms. The summed E-state index contributed by atoms with van der Waals surface area (Å²) < 4.78 is 14.2. The molecule has 1 unspecified atom stereocenters. The van der Waals surface area contributed by atoms with Crippen molar-refractivity contribution in [1.29, 1.82) is 0 Å². The smallest absolute Gasteiger partial charge is 0.324 e. The van der Waals surface area contributed by atoms with Crippen LogP contribution in [-0.2, 0) is 48.0 Å². The first-order valence-electron chi connectivity index (χ1n) is 23.5. The summed E-state index contributed by atoms with van der Waals surface area (Å²) in [5.74, 6) is -1.92. The molecule has 3 aliphatic rings. The highest BCUT2D eigenvalue weighted by atomic mass is 32.1. The Morgan fingerprint density at radius 1 is 1.12 bits per heavy atom. The fourth-order valence-corrected chi connectivity index (χ4v) is 10.7. The fourth-order valence-electron chi connectivity index (χ4n) is 9.89. The Bertz CT molecular complexity index is 2520. The number of fused-ring (bicyclic) bond motifs is 6. The second-order valence-corrected chi connectivity index (χ2v) is 20.3. The van der Waals surface area contributed by atoms with Gasteiger partial charge in [-0.3, -0.25) is 29.2 Å². The van der Waals surface area contributed by atoms with E-state index in [0.717, 1.165) is 44.7 Å². The number of carbonyl (C=O) groups excluding carboxylic acids is 5. The molecule has 3 aromatic heterocycles. The zero-order valence-electron chi connectivity index (χ0n) is 40.6. The molecule has 6 bridgehead atoms. The number of nitrogens with one attached hydrogen (secondary N) is 2. The number of methoxy groups -OCH3 is 1. The number of aromatic nitrogens is 3. The maximum atomic E-state index is 14.7. The van der Waals surface area contributed by atoms with Crippen LogP contribution in [0.3, 0.4) is 0 Å². The SMILES string of the molecule is C=CC(=O)N1C[C@H](C)N(C(=O)N(C)C(C(=O)N[C@H]2Cc3nc(cs3)-c3ccc4c(c3)c(c(-c3cccnc3[C@H](C)OC)n4CC)CC(C)(C)COC(=O)[C@@H]3CCCN(N3)C2=O)C(C)C)C[C@@H]1C. The third kappa shape index (κ3) is 10.1. The molecule has 5 amide bonds. The Morgan fingerprint density at radius 2 is 1.85 bits per heavy atom. The number of pyridine rings is 1. The van der Waals surface area contributed by atoms with Crippen LogP contribution < -0.4 is 10.7 Å². The fraction of sp³-hybridized carbons (Fsp3) is 0.540. The molecule has 6 heterocycles. The molecule has 1 aromatic carbocycles. The second kappa shape index (κ2) is 20.3. The molecule has 0 radical (unpaired) electrons. The van der Waals surface area contributed by atoms with Crippen molar-refractivity contribution in [2.75, 3.05) is 40.4 Å². The number of aryl methyl sites for hydroxylation is 1. The maximum Gasteiger partial charge on any atom is 0.324 e. The Kier molecular flexibility index (Phi) is 14.9. The molecule has 0 aliphatic carbocycles. The Hall–Kier alpha value is -5.65. The number of esters is 1. The lowest BCUT2D eigenvalue weighted by Crippen LogP contribution is -2.64. The predicted octanol–water partition coefficient (Wildman–Crippen LogP) is 6.39. The molecule has 0 saturated carbocycles. The van der Waals surface area contributed by atoms with Gasteiger partial charge in [-0.15, -0.1) is 11.3 Å². The number of nitrogens with zero attached hydrogens (tertiary/aromatic N) is 7. The first kappa shape index (κ1) is 49.3. The van der Waals surface area contributed by atoms with E-state index in [1.54, 1.807) is 30.2 Å². The normalized spacial score (nSPS) is 22.2. The van der Waals surface area contributed by atoms with Crippen molar-refractivity contribution in [2.45, 2.75) is 124 Å². The zero-order chi connectivity index (χ0) is 48.5. The number of piperazine rings is 1. The van der Waals surface area contributed by atoms with Gasteiger partial charge in [-0.1, -0.05) is 40.3 Å². The van der Waals surface area contributed by atoms with Crippen LogP contribution in [0.5, 0.6) is 0 Å². The van der Waals surface area contributed by atoms with Crippen LogP contribution in [0.25, 0.3) is 33.4 Å². The number of carbonyl (C=O) groups is 5. The Labute approximate surface area is 398 Å². The Morgan fingerprint density at radius 3 is 2.55 bits per heavy atom. The van der Waals surface area contributed by atoms with Gasteiger partial charge in [0.05, 0.1) is 34.8 Å². The monoisotopic (exact) mass is 937 g/mol. The highest BCUT2D eigenvalue weighted by Gasteiger charge is 2.41. The number of rotatable bonds is 9. The minimum atomic E-state index is -1.10. The molecule has 2 N–H and O–H groups in total. The lowest BCUT2D eigenvalue weighted by Gasteiger charge is -2.46. The topological polar surface area (TPSA) is 172 Å². The lowest BCUT2D eigenvalue weighted by molar-refractivity contribution is -0.155.